The van der Waals surface area contributed by atoms with Gasteiger partial charge in [-0.25, -0.2) is 0 Å². The molecule has 1 amide bonds. The number of aryl methyl sites for hydroxylation is 1. The van der Waals surface area contributed by atoms with Gasteiger partial charge in [0.15, 0.2) is 0 Å². The number of hydrogen-bond acceptors (Lipinski definition) is 5. The number of hydrogen-bond donors (Lipinski definition) is 1. The number of likely N-dealkylation sites (N-methyl/N-ethyl adjacent to an activating group) is 1. The summed E-state index contributed by atoms with van der Waals surface area (Å²) in [5.41, 5.74) is 1.24. The molecule has 2 aliphatic heterocycles. The fourth-order valence-corrected chi connectivity index (χ4v) is 4.55. The summed E-state index contributed by atoms with van der Waals surface area (Å²) in [5.74, 6) is 0.290. The van der Waals surface area contributed by atoms with Gasteiger partial charge in [0.05, 0.1) is 0 Å². The summed E-state index contributed by atoms with van der Waals surface area (Å²) < 4.78 is 0. The Morgan fingerprint density at radius 3 is 2.65 bits per heavy atom. The lowest BCUT2D eigenvalue weighted by molar-refractivity contribution is -0.139. The molecule has 0 aromatic carbocycles. The van der Waals surface area contributed by atoms with E-state index < -0.39 is 0 Å². The highest BCUT2D eigenvalue weighted by Crippen LogP contribution is 2.31. The molecule has 6 heteroatoms. The number of nitrogens with zero attached hydrogens (tertiary/aromatic N) is 3. The summed E-state index contributed by atoms with van der Waals surface area (Å²) in [6, 6.07) is 2.46. The van der Waals surface area contributed by atoms with Crippen LogP contribution in [0.4, 0.5) is 0 Å². The second-order valence-electron chi connectivity index (χ2n) is 6.85. The van der Waals surface area contributed by atoms with Gasteiger partial charge in [-0.3, -0.25) is 9.69 Å². The monoisotopic (exact) mass is 336 g/mol. The predicted octanol–water partition coefficient (Wildman–Crippen LogP) is 1.17. The van der Waals surface area contributed by atoms with Crippen molar-refractivity contribution < 1.29 is 4.79 Å². The molecule has 5 nitrogen and oxygen atoms in total. The van der Waals surface area contributed by atoms with E-state index in [1.54, 1.807) is 11.3 Å². The lowest BCUT2D eigenvalue weighted by Gasteiger charge is -2.41. The summed E-state index contributed by atoms with van der Waals surface area (Å²) in [6.07, 6.45) is 0. The minimum atomic E-state index is -0.108. The quantitative estimate of drug-likeness (QED) is 0.899. The van der Waals surface area contributed by atoms with E-state index in [1.807, 2.05) is 0 Å². The van der Waals surface area contributed by atoms with Gasteiger partial charge in [0, 0.05) is 56.7 Å². The SMILES string of the molecule is Cc1ccsc1C(C(=O)N1CCN(C)CC1)N1CCNC(C)C1. The molecule has 1 N–H and O–H groups in total. The highest BCUT2D eigenvalue weighted by Gasteiger charge is 2.35. The summed E-state index contributed by atoms with van der Waals surface area (Å²) in [7, 11) is 2.13. The highest BCUT2D eigenvalue weighted by atomic mass is 32.1. The van der Waals surface area contributed by atoms with E-state index in [2.05, 4.69) is 52.4 Å². The van der Waals surface area contributed by atoms with Gasteiger partial charge in [-0.05, 0) is 37.9 Å². The van der Waals surface area contributed by atoms with Crippen LogP contribution in [0.1, 0.15) is 23.4 Å². The minimum Gasteiger partial charge on any atom is -0.338 e. The normalized spacial score (nSPS) is 25.5. The van der Waals surface area contributed by atoms with Crippen LogP contribution in [0, 0.1) is 6.92 Å². The zero-order valence-corrected chi connectivity index (χ0v) is 15.2. The van der Waals surface area contributed by atoms with E-state index in [0.717, 1.165) is 45.8 Å². The Hall–Kier alpha value is -0.950. The number of carbonyl (C=O) groups excluding carboxylic acids is 1. The van der Waals surface area contributed by atoms with Crippen LogP contribution >= 0.6 is 11.3 Å². The second-order valence-corrected chi connectivity index (χ2v) is 7.80. The number of rotatable bonds is 3. The van der Waals surface area contributed by atoms with E-state index in [1.165, 1.54) is 10.4 Å². The molecule has 2 unspecified atom stereocenters. The van der Waals surface area contributed by atoms with Crippen LogP contribution in [0.15, 0.2) is 11.4 Å². The first-order valence-electron chi connectivity index (χ1n) is 8.55. The molecule has 2 saturated heterocycles. The fourth-order valence-electron chi connectivity index (χ4n) is 3.50. The summed E-state index contributed by atoms with van der Waals surface area (Å²) in [5, 5.41) is 5.59. The van der Waals surface area contributed by atoms with Gasteiger partial charge in [0.2, 0.25) is 5.91 Å². The van der Waals surface area contributed by atoms with Gasteiger partial charge < -0.3 is 15.1 Å². The van der Waals surface area contributed by atoms with Gasteiger partial charge in [0.25, 0.3) is 0 Å². The van der Waals surface area contributed by atoms with Crippen molar-refractivity contribution in [2.45, 2.75) is 25.9 Å². The average molecular weight is 337 g/mol. The summed E-state index contributed by atoms with van der Waals surface area (Å²) in [6.45, 7) is 10.8. The van der Waals surface area contributed by atoms with Crippen molar-refractivity contribution in [1.29, 1.82) is 0 Å². The minimum absolute atomic E-state index is 0.108. The van der Waals surface area contributed by atoms with Crippen LogP contribution in [0.25, 0.3) is 0 Å². The molecule has 2 aliphatic rings. The van der Waals surface area contributed by atoms with Crippen molar-refractivity contribution in [3.05, 3.63) is 21.9 Å². The van der Waals surface area contributed by atoms with E-state index in [9.17, 15) is 4.79 Å². The third kappa shape index (κ3) is 3.76. The number of thiophene rings is 1. The molecule has 128 valence electrons. The van der Waals surface area contributed by atoms with Crippen molar-refractivity contribution in [3.63, 3.8) is 0 Å². The molecule has 0 saturated carbocycles. The first-order valence-corrected chi connectivity index (χ1v) is 9.43. The maximum atomic E-state index is 13.3. The van der Waals surface area contributed by atoms with E-state index >= 15 is 0 Å². The molecule has 23 heavy (non-hydrogen) atoms. The molecule has 0 spiro atoms. The lowest BCUT2D eigenvalue weighted by atomic mass is 10.1. The van der Waals surface area contributed by atoms with Crippen LogP contribution in [-0.2, 0) is 4.79 Å². The fraction of sp³-hybridized carbons (Fsp3) is 0.706. The third-order valence-electron chi connectivity index (χ3n) is 4.96. The smallest absolute Gasteiger partial charge is 0.245 e. The van der Waals surface area contributed by atoms with Gasteiger partial charge in [-0.15, -0.1) is 11.3 Å². The molecule has 1 aromatic heterocycles. The van der Waals surface area contributed by atoms with Crippen LogP contribution < -0.4 is 5.32 Å². The first kappa shape index (κ1) is 16.9. The van der Waals surface area contributed by atoms with Gasteiger partial charge in [-0.1, -0.05) is 0 Å². The third-order valence-corrected chi connectivity index (χ3v) is 6.04. The molecule has 3 rings (SSSR count). The molecule has 1 aromatic rings. The van der Waals surface area contributed by atoms with Gasteiger partial charge in [-0.2, -0.15) is 0 Å². The van der Waals surface area contributed by atoms with Crippen molar-refractivity contribution in [3.8, 4) is 0 Å². The average Bonchev–Trinajstić information content (AvgIpc) is 2.94. The Morgan fingerprint density at radius 2 is 2.04 bits per heavy atom. The Labute approximate surface area is 143 Å². The molecule has 0 radical (unpaired) electrons. The van der Waals surface area contributed by atoms with Crippen molar-refractivity contribution in [2.24, 2.45) is 0 Å². The number of nitrogens with one attached hydrogen (secondary N) is 1. The Kier molecular flexibility index (Phi) is 5.36. The van der Waals surface area contributed by atoms with Crippen molar-refractivity contribution >= 4 is 17.2 Å². The zero-order chi connectivity index (χ0) is 16.4. The van der Waals surface area contributed by atoms with Gasteiger partial charge >= 0.3 is 0 Å². The number of piperazine rings is 2. The Morgan fingerprint density at radius 1 is 1.30 bits per heavy atom. The maximum Gasteiger partial charge on any atom is 0.245 e. The van der Waals surface area contributed by atoms with Crippen molar-refractivity contribution in [2.75, 3.05) is 52.9 Å². The highest BCUT2D eigenvalue weighted by molar-refractivity contribution is 7.10. The number of amides is 1. The Bertz CT molecular complexity index is 538. The second kappa shape index (κ2) is 7.30. The molecule has 2 atom stereocenters. The molecule has 0 aliphatic carbocycles. The number of carbonyl (C=O) groups is 1. The maximum absolute atomic E-state index is 13.3. The van der Waals surface area contributed by atoms with E-state index in [0.29, 0.717) is 6.04 Å². The summed E-state index contributed by atoms with van der Waals surface area (Å²) in [4.78, 5) is 21.3. The van der Waals surface area contributed by atoms with E-state index in [4.69, 9.17) is 0 Å². The van der Waals surface area contributed by atoms with Gasteiger partial charge in [0.1, 0.15) is 6.04 Å². The largest absolute Gasteiger partial charge is 0.338 e. The first-order chi connectivity index (χ1) is 11.1. The zero-order valence-electron chi connectivity index (χ0n) is 14.4. The van der Waals surface area contributed by atoms with Crippen LogP contribution in [0.2, 0.25) is 0 Å². The Balaban J connectivity index is 1.83. The summed E-state index contributed by atoms with van der Waals surface area (Å²) >= 11 is 1.73. The topological polar surface area (TPSA) is 38.8 Å². The molecule has 3 heterocycles. The van der Waals surface area contributed by atoms with E-state index in [-0.39, 0.29) is 11.9 Å². The molecule has 0 bridgehead atoms. The standard InChI is InChI=1S/C17H28N4OS/c1-13-4-11-23-16(13)15(21-6-5-18-14(2)12-21)17(22)20-9-7-19(3)8-10-20/h4,11,14-15,18H,5-10,12H2,1-3H3. The molecular formula is C17H28N4OS. The molecule has 2 fully saturated rings. The van der Waals surface area contributed by atoms with Crippen LogP contribution in [0.3, 0.4) is 0 Å². The molecular weight excluding hydrogens is 308 g/mol. The van der Waals surface area contributed by atoms with Crippen LogP contribution in [0.5, 0.6) is 0 Å². The lowest BCUT2D eigenvalue weighted by Crippen LogP contribution is -2.55. The van der Waals surface area contributed by atoms with Crippen molar-refractivity contribution in [1.82, 2.24) is 20.0 Å². The predicted molar refractivity (Wildman–Crippen MR) is 94.9 cm³/mol. The van der Waals surface area contributed by atoms with Crippen LogP contribution in [-0.4, -0.2) is 79.5 Å².